The van der Waals surface area contributed by atoms with E-state index in [1.165, 1.54) is 24.0 Å². The second kappa shape index (κ2) is 4.98. The average Bonchev–Trinajstić information content (AvgIpc) is 2.22. The quantitative estimate of drug-likeness (QED) is 0.767. The van der Waals surface area contributed by atoms with Crippen molar-refractivity contribution in [2.24, 2.45) is 0 Å². The lowest BCUT2D eigenvalue weighted by Crippen LogP contribution is -2.47. The minimum atomic E-state index is 0.295. The van der Waals surface area contributed by atoms with Gasteiger partial charge in [-0.2, -0.15) is 0 Å². The average molecular weight is 219 g/mol. The first-order valence-corrected chi connectivity index (χ1v) is 6.06. The van der Waals surface area contributed by atoms with Crippen LogP contribution in [0.5, 0.6) is 0 Å². The first-order chi connectivity index (χ1) is 7.77. The lowest BCUT2D eigenvalue weighted by Gasteiger charge is -2.42. The fourth-order valence-electron chi connectivity index (χ4n) is 2.38. The lowest BCUT2D eigenvalue weighted by atomic mass is 9.74. The molecule has 0 saturated carbocycles. The monoisotopic (exact) mass is 219 g/mol. The molecule has 1 saturated heterocycles. The molecule has 2 rings (SSSR count). The Labute approximate surface area is 98.0 Å². The maximum Gasteiger partial charge on any atom is 0.0585 e. The normalized spacial score (nSPS) is 18.1. The third kappa shape index (κ3) is 2.28. The second-order valence-corrected chi connectivity index (χ2v) is 4.85. The molecule has 0 bridgehead atoms. The standard InChI is InChI=1S/C14H21NO/c1-12-5-3-6-13(9-12)14(10-16-11-14)7-4-8-15-2/h3,5-6,9,15H,4,7-8,10-11H2,1-2H3. The number of nitrogens with one attached hydrogen (secondary N) is 1. The molecular weight excluding hydrogens is 198 g/mol. The molecule has 0 amide bonds. The molecule has 2 heteroatoms. The van der Waals surface area contributed by atoms with Gasteiger partial charge in [0.2, 0.25) is 0 Å². The third-order valence-electron chi connectivity index (χ3n) is 3.47. The van der Waals surface area contributed by atoms with Crippen molar-refractivity contribution in [3.8, 4) is 0 Å². The van der Waals surface area contributed by atoms with Gasteiger partial charge in [0.25, 0.3) is 0 Å². The summed E-state index contributed by atoms with van der Waals surface area (Å²) < 4.78 is 5.44. The molecule has 1 N–H and O–H groups in total. The van der Waals surface area contributed by atoms with Crippen LogP contribution in [0.1, 0.15) is 24.0 Å². The number of aryl methyl sites for hydroxylation is 1. The van der Waals surface area contributed by atoms with Crippen LogP contribution in [0.15, 0.2) is 24.3 Å². The van der Waals surface area contributed by atoms with Crippen molar-refractivity contribution in [2.45, 2.75) is 25.2 Å². The van der Waals surface area contributed by atoms with Gasteiger partial charge in [-0.1, -0.05) is 29.8 Å². The van der Waals surface area contributed by atoms with Crippen molar-refractivity contribution in [1.82, 2.24) is 5.32 Å². The first-order valence-electron chi connectivity index (χ1n) is 6.06. The Balaban J connectivity index is 2.08. The van der Waals surface area contributed by atoms with E-state index in [-0.39, 0.29) is 0 Å². The van der Waals surface area contributed by atoms with Crippen molar-refractivity contribution < 1.29 is 4.74 Å². The van der Waals surface area contributed by atoms with Crippen LogP contribution in [-0.4, -0.2) is 26.8 Å². The molecular formula is C14H21NO. The van der Waals surface area contributed by atoms with Gasteiger partial charge in [0, 0.05) is 5.41 Å². The van der Waals surface area contributed by atoms with Gasteiger partial charge >= 0.3 is 0 Å². The minimum Gasteiger partial charge on any atom is -0.379 e. The SMILES string of the molecule is CNCCCC1(c2cccc(C)c2)COC1. The lowest BCUT2D eigenvalue weighted by molar-refractivity contribution is -0.0650. The number of benzene rings is 1. The maximum absolute atomic E-state index is 5.44. The van der Waals surface area contributed by atoms with Gasteiger partial charge in [0.15, 0.2) is 0 Å². The van der Waals surface area contributed by atoms with Crippen LogP contribution in [-0.2, 0) is 10.2 Å². The van der Waals surface area contributed by atoms with Crippen molar-refractivity contribution in [1.29, 1.82) is 0 Å². The third-order valence-corrected chi connectivity index (χ3v) is 3.47. The largest absolute Gasteiger partial charge is 0.379 e. The van der Waals surface area contributed by atoms with Gasteiger partial charge in [-0.15, -0.1) is 0 Å². The summed E-state index contributed by atoms with van der Waals surface area (Å²) in [5.74, 6) is 0. The molecule has 1 heterocycles. The fraction of sp³-hybridized carbons (Fsp3) is 0.571. The van der Waals surface area contributed by atoms with Crippen LogP contribution < -0.4 is 5.32 Å². The predicted octanol–water partition coefficient (Wildman–Crippen LogP) is 2.26. The molecule has 1 aliphatic heterocycles. The summed E-state index contributed by atoms with van der Waals surface area (Å²) >= 11 is 0. The Morgan fingerprint density at radius 2 is 2.19 bits per heavy atom. The van der Waals surface area contributed by atoms with E-state index >= 15 is 0 Å². The summed E-state index contributed by atoms with van der Waals surface area (Å²) in [5.41, 5.74) is 3.09. The Bertz CT molecular complexity index is 344. The molecule has 88 valence electrons. The van der Waals surface area contributed by atoms with Crippen molar-refractivity contribution in [3.63, 3.8) is 0 Å². The Morgan fingerprint density at radius 3 is 2.75 bits per heavy atom. The molecule has 1 aromatic carbocycles. The molecule has 2 nitrogen and oxygen atoms in total. The zero-order valence-corrected chi connectivity index (χ0v) is 10.3. The van der Waals surface area contributed by atoms with Crippen LogP contribution in [0.3, 0.4) is 0 Å². The van der Waals surface area contributed by atoms with Crippen LogP contribution in [0, 0.1) is 6.92 Å². The van der Waals surface area contributed by atoms with E-state index in [0.29, 0.717) is 5.41 Å². The Hall–Kier alpha value is -0.860. The number of hydrogen-bond acceptors (Lipinski definition) is 2. The van der Waals surface area contributed by atoms with Gasteiger partial charge < -0.3 is 10.1 Å². The summed E-state index contributed by atoms with van der Waals surface area (Å²) in [4.78, 5) is 0. The number of hydrogen-bond donors (Lipinski definition) is 1. The molecule has 0 radical (unpaired) electrons. The fourth-order valence-corrected chi connectivity index (χ4v) is 2.38. The predicted molar refractivity (Wildman–Crippen MR) is 66.8 cm³/mol. The smallest absolute Gasteiger partial charge is 0.0585 e. The van der Waals surface area contributed by atoms with Crippen LogP contribution >= 0.6 is 0 Å². The molecule has 0 atom stereocenters. The van der Waals surface area contributed by atoms with E-state index in [2.05, 4.69) is 36.5 Å². The number of rotatable bonds is 5. The van der Waals surface area contributed by atoms with Crippen molar-refractivity contribution in [2.75, 3.05) is 26.8 Å². The molecule has 16 heavy (non-hydrogen) atoms. The molecule has 0 spiro atoms. The molecule has 1 fully saturated rings. The van der Waals surface area contributed by atoms with E-state index in [4.69, 9.17) is 4.74 Å². The van der Waals surface area contributed by atoms with Crippen LogP contribution in [0.4, 0.5) is 0 Å². The highest BCUT2D eigenvalue weighted by molar-refractivity contribution is 5.31. The maximum atomic E-state index is 5.44. The molecule has 1 aliphatic rings. The van der Waals surface area contributed by atoms with E-state index < -0.39 is 0 Å². The highest BCUT2D eigenvalue weighted by Crippen LogP contribution is 2.36. The minimum absolute atomic E-state index is 0.295. The molecule has 0 unspecified atom stereocenters. The van der Waals surface area contributed by atoms with Crippen LogP contribution in [0.2, 0.25) is 0 Å². The van der Waals surface area contributed by atoms with Gasteiger partial charge in [-0.3, -0.25) is 0 Å². The summed E-state index contributed by atoms with van der Waals surface area (Å²) in [6.45, 7) is 5.03. The second-order valence-electron chi connectivity index (χ2n) is 4.85. The van der Waals surface area contributed by atoms with Gasteiger partial charge in [0.05, 0.1) is 13.2 Å². The summed E-state index contributed by atoms with van der Waals surface area (Å²) in [6.07, 6.45) is 2.44. The van der Waals surface area contributed by atoms with Gasteiger partial charge in [0.1, 0.15) is 0 Å². The van der Waals surface area contributed by atoms with Crippen molar-refractivity contribution >= 4 is 0 Å². The highest BCUT2D eigenvalue weighted by Gasteiger charge is 2.39. The first kappa shape index (κ1) is 11.6. The van der Waals surface area contributed by atoms with E-state index in [9.17, 15) is 0 Å². The molecule has 0 aromatic heterocycles. The highest BCUT2D eigenvalue weighted by atomic mass is 16.5. The summed E-state index contributed by atoms with van der Waals surface area (Å²) in [5, 5.41) is 3.21. The van der Waals surface area contributed by atoms with Gasteiger partial charge in [-0.05, 0) is 38.9 Å². The van der Waals surface area contributed by atoms with Crippen LogP contribution in [0.25, 0.3) is 0 Å². The Morgan fingerprint density at radius 1 is 1.38 bits per heavy atom. The zero-order chi connectivity index (χ0) is 11.4. The van der Waals surface area contributed by atoms with E-state index in [0.717, 1.165) is 19.8 Å². The van der Waals surface area contributed by atoms with Gasteiger partial charge in [-0.25, -0.2) is 0 Å². The van der Waals surface area contributed by atoms with E-state index in [1.807, 2.05) is 7.05 Å². The molecule has 1 aromatic rings. The summed E-state index contributed by atoms with van der Waals surface area (Å²) in [7, 11) is 2.01. The molecule has 0 aliphatic carbocycles. The Kier molecular flexibility index (Phi) is 3.62. The number of ether oxygens (including phenoxy) is 1. The van der Waals surface area contributed by atoms with E-state index in [1.54, 1.807) is 0 Å². The topological polar surface area (TPSA) is 21.3 Å². The zero-order valence-electron chi connectivity index (χ0n) is 10.3. The summed E-state index contributed by atoms with van der Waals surface area (Å²) in [6, 6.07) is 8.86. The van der Waals surface area contributed by atoms with Crippen molar-refractivity contribution in [3.05, 3.63) is 35.4 Å².